The molecule has 8 nitrogen and oxygen atoms in total. The summed E-state index contributed by atoms with van der Waals surface area (Å²) in [4.78, 5) is 50.8. The molecule has 1 amide bonds. The zero-order valence-corrected chi connectivity index (χ0v) is 22.3. The van der Waals surface area contributed by atoms with Crippen LogP contribution >= 0.6 is 23.4 Å². The van der Waals surface area contributed by atoms with Crippen molar-refractivity contribution in [2.75, 3.05) is 12.4 Å². The summed E-state index contributed by atoms with van der Waals surface area (Å²) in [6, 6.07) is 10.6. The molecule has 10 heteroatoms. The molecular formula is C28H25ClN2O6S. The number of ketones is 1. The fraction of sp³-hybridized carbons (Fsp3) is 0.143. The lowest BCUT2D eigenvalue weighted by molar-refractivity contribution is -0.119. The number of amides is 1. The lowest BCUT2D eigenvalue weighted by atomic mass is 9.97. The van der Waals surface area contributed by atoms with Gasteiger partial charge in [-0.2, -0.15) is 0 Å². The third kappa shape index (κ3) is 6.62. The van der Waals surface area contributed by atoms with Crippen LogP contribution in [0.2, 0.25) is 5.02 Å². The Labute approximate surface area is 228 Å². The lowest BCUT2D eigenvalue weighted by Crippen LogP contribution is -2.33. The molecule has 0 spiro atoms. The molecule has 0 fully saturated rings. The van der Waals surface area contributed by atoms with Gasteiger partial charge in [0, 0.05) is 34.3 Å². The number of carbonyl (C=O) groups is 3. The summed E-state index contributed by atoms with van der Waals surface area (Å²) in [6.07, 6.45) is 1.50. The van der Waals surface area contributed by atoms with Crippen molar-refractivity contribution in [3.8, 4) is 16.9 Å². The van der Waals surface area contributed by atoms with Crippen LogP contribution in [0.4, 0.5) is 5.69 Å². The molecule has 0 aliphatic carbocycles. The monoisotopic (exact) mass is 552 g/mol. The molecule has 1 unspecified atom stereocenters. The van der Waals surface area contributed by atoms with Crippen molar-refractivity contribution in [1.82, 2.24) is 4.57 Å². The number of halogens is 1. The topological polar surface area (TPSA) is 115 Å². The zero-order valence-electron chi connectivity index (χ0n) is 20.7. The number of benzene rings is 2. The first-order valence-electron chi connectivity index (χ1n) is 11.3. The lowest BCUT2D eigenvalue weighted by Gasteiger charge is -2.22. The number of hydrogen-bond donors (Lipinski definition) is 2. The number of anilines is 1. The van der Waals surface area contributed by atoms with Crippen molar-refractivity contribution in [3.63, 3.8) is 0 Å². The predicted octanol–water partition coefficient (Wildman–Crippen LogP) is 6.04. The molecule has 196 valence electrons. The number of hydrogen-bond acceptors (Lipinski definition) is 6. The molecule has 3 aromatic rings. The van der Waals surface area contributed by atoms with Crippen LogP contribution in [-0.4, -0.2) is 34.4 Å². The van der Waals surface area contributed by atoms with Gasteiger partial charge in [0.1, 0.15) is 11.8 Å². The Morgan fingerprint density at radius 3 is 2.42 bits per heavy atom. The number of rotatable bonds is 11. The van der Waals surface area contributed by atoms with Crippen LogP contribution in [0.25, 0.3) is 11.1 Å². The number of nitrogens with one attached hydrogen (secondary N) is 1. The summed E-state index contributed by atoms with van der Waals surface area (Å²) in [5.41, 5.74) is 1.04. The highest BCUT2D eigenvalue weighted by molar-refractivity contribution is 8.05. The molecule has 2 N–H and O–H groups in total. The molecule has 38 heavy (non-hydrogen) atoms. The van der Waals surface area contributed by atoms with Crippen LogP contribution in [0.1, 0.15) is 40.1 Å². The second-order valence-corrected chi connectivity index (χ2v) is 9.74. The maximum Gasteiger partial charge on any atom is 0.335 e. The van der Waals surface area contributed by atoms with Crippen molar-refractivity contribution < 1.29 is 24.2 Å². The fourth-order valence-corrected chi connectivity index (χ4v) is 4.47. The molecule has 0 bridgehead atoms. The van der Waals surface area contributed by atoms with Crippen LogP contribution in [0.5, 0.6) is 5.75 Å². The van der Waals surface area contributed by atoms with Gasteiger partial charge in [-0.1, -0.05) is 24.8 Å². The van der Waals surface area contributed by atoms with E-state index < -0.39 is 23.5 Å². The third-order valence-corrected chi connectivity index (χ3v) is 6.53. The summed E-state index contributed by atoms with van der Waals surface area (Å²) in [5.74, 6) is -1.58. The van der Waals surface area contributed by atoms with Crippen LogP contribution < -0.4 is 15.6 Å². The first-order valence-corrected chi connectivity index (χ1v) is 12.5. The molecule has 0 saturated carbocycles. The van der Waals surface area contributed by atoms with Crippen molar-refractivity contribution >= 4 is 46.7 Å². The van der Waals surface area contributed by atoms with E-state index in [1.54, 1.807) is 23.6 Å². The maximum absolute atomic E-state index is 13.4. The van der Waals surface area contributed by atoms with Gasteiger partial charge in [0.2, 0.25) is 5.91 Å². The molecule has 2 aromatic carbocycles. The first kappa shape index (κ1) is 28.5. The van der Waals surface area contributed by atoms with Gasteiger partial charge in [-0.3, -0.25) is 19.0 Å². The summed E-state index contributed by atoms with van der Waals surface area (Å²) in [6.45, 7) is 9.03. The van der Waals surface area contributed by atoms with Gasteiger partial charge in [-0.15, -0.1) is 11.8 Å². The van der Waals surface area contributed by atoms with Crippen LogP contribution in [0.15, 0.2) is 83.0 Å². The van der Waals surface area contributed by atoms with E-state index in [-0.39, 0.29) is 23.5 Å². The number of pyridine rings is 1. The normalized spacial score (nSPS) is 11.3. The van der Waals surface area contributed by atoms with Crippen molar-refractivity contribution in [1.29, 1.82) is 0 Å². The van der Waals surface area contributed by atoms with E-state index in [1.165, 1.54) is 66.9 Å². The highest BCUT2D eigenvalue weighted by atomic mass is 35.5. The Bertz CT molecular complexity index is 1480. The molecular weight excluding hydrogens is 528 g/mol. The maximum atomic E-state index is 13.4. The third-order valence-electron chi connectivity index (χ3n) is 5.62. The minimum Gasteiger partial charge on any atom is -0.495 e. The predicted molar refractivity (Wildman–Crippen MR) is 150 cm³/mol. The van der Waals surface area contributed by atoms with Crippen molar-refractivity contribution in [2.45, 2.75) is 19.4 Å². The second-order valence-electron chi connectivity index (χ2n) is 8.16. The molecule has 1 atom stereocenters. The summed E-state index contributed by atoms with van der Waals surface area (Å²) < 4.78 is 6.79. The summed E-state index contributed by atoms with van der Waals surface area (Å²) in [5, 5.41) is 13.8. The largest absolute Gasteiger partial charge is 0.495 e. The molecule has 0 saturated heterocycles. The van der Waals surface area contributed by atoms with Crippen molar-refractivity contribution in [3.05, 3.63) is 105 Å². The first-order chi connectivity index (χ1) is 18.0. The van der Waals surface area contributed by atoms with E-state index in [4.69, 9.17) is 21.4 Å². The summed E-state index contributed by atoms with van der Waals surface area (Å²) >= 11 is 7.41. The number of methoxy groups -OCH3 is 1. The zero-order chi connectivity index (χ0) is 28.0. The number of ether oxygens (including phenoxy) is 1. The van der Waals surface area contributed by atoms with Crippen LogP contribution in [0, 0.1) is 0 Å². The minimum absolute atomic E-state index is 0.0674. The second kappa shape index (κ2) is 12.4. The van der Waals surface area contributed by atoms with E-state index >= 15 is 0 Å². The Morgan fingerprint density at radius 2 is 1.84 bits per heavy atom. The number of allylic oxidation sites excluding steroid dienone is 1. The van der Waals surface area contributed by atoms with E-state index in [2.05, 4.69) is 18.5 Å². The van der Waals surface area contributed by atoms with Gasteiger partial charge >= 0.3 is 5.97 Å². The average molecular weight is 553 g/mol. The standard InChI is InChI=1S/C28H25ClN2O6S/c1-5-38-16(2)12-24(27(34)30-20-9-6-18(7-10-20)28(35)36)31-15-25(37-4)23(14-26(31)33)22-13-19(29)8-11-21(22)17(3)32/h5-11,13-15,24H,1-2,12H2,3-4H3,(H,30,34)(H,35,36). The summed E-state index contributed by atoms with van der Waals surface area (Å²) in [7, 11) is 1.41. The molecule has 1 aromatic heterocycles. The van der Waals surface area contributed by atoms with Crippen LogP contribution in [-0.2, 0) is 4.79 Å². The average Bonchev–Trinajstić information content (AvgIpc) is 2.87. The number of nitrogens with zero attached hydrogens (tertiary/aromatic N) is 1. The van der Waals surface area contributed by atoms with E-state index in [9.17, 15) is 19.2 Å². The number of aromatic carboxylic acids is 1. The van der Waals surface area contributed by atoms with Gasteiger partial charge in [0.15, 0.2) is 5.78 Å². The Morgan fingerprint density at radius 1 is 1.16 bits per heavy atom. The van der Waals surface area contributed by atoms with Gasteiger partial charge in [-0.05, 0) is 65.3 Å². The number of thioether (sulfide) groups is 1. The van der Waals surface area contributed by atoms with Crippen LogP contribution in [0.3, 0.4) is 0 Å². The number of aromatic nitrogens is 1. The fourth-order valence-electron chi connectivity index (χ4n) is 3.81. The molecule has 3 rings (SSSR count). The van der Waals surface area contributed by atoms with E-state index in [1.807, 2.05) is 0 Å². The SMILES string of the molecule is C=CSC(=C)CC(C(=O)Nc1ccc(C(=O)O)cc1)n1cc(OC)c(-c2cc(Cl)ccc2C(C)=O)cc1=O. The van der Waals surface area contributed by atoms with Gasteiger partial charge in [0.05, 0.1) is 18.9 Å². The van der Waals surface area contributed by atoms with E-state index in [0.717, 1.165) is 0 Å². The highest BCUT2D eigenvalue weighted by Crippen LogP contribution is 2.35. The van der Waals surface area contributed by atoms with Gasteiger partial charge < -0.3 is 15.2 Å². The Balaban J connectivity index is 2.09. The molecule has 0 aliphatic heterocycles. The molecule has 0 aliphatic rings. The number of carboxylic acid groups (broad SMARTS) is 1. The van der Waals surface area contributed by atoms with Crippen molar-refractivity contribution in [2.24, 2.45) is 0 Å². The molecule has 0 radical (unpaired) electrons. The van der Waals surface area contributed by atoms with Gasteiger partial charge in [0.25, 0.3) is 5.56 Å². The number of Topliss-reactive ketones (excluding diaryl/α,β-unsaturated/α-hetero) is 1. The van der Waals surface area contributed by atoms with E-state index in [0.29, 0.717) is 32.3 Å². The highest BCUT2D eigenvalue weighted by Gasteiger charge is 2.25. The van der Waals surface area contributed by atoms with Gasteiger partial charge in [-0.25, -0.2) is 4.79 Å². The number of carbonyl (C=O) groups excluding carboxylic acids is 2. The quantitative estimate of drug-likeness (QED) is 0.279. The Hall–Kier alpha value is -4.08. The Kier molecular flexibility index (Phi) is 9.33. The number of carboxylic acids is 1. The molecule has 1 heterocycles. The smallest absolute Gasteiger partial charge is 0.335 e. The minimum atomic E-state index is -1.09.